The van der Waals surface area contributed by atoms with Crippen LogP contribution >= 0.6 is 40.5 Å². The van der Waals surface area contributed by atoms with Gasteiger partial charge in [-0.05, 0) is 96.0 Å². The average Bonchev–Trinajstić information content (AvgIpc) is 3.72. The molecule has 1 saturated heterocycles. The summed E-state index contributed by atoms with van der Waals surface area (Å²) < 4.78 is 11.0. The molecule has 3 aromatic rings. The van der Waals surface area contributed by atoms with E-state index < -0.39 is 17.3 Å². The van der Waals surface area contributed by atoms with E-state index in [2.05, 4.69) is 32.7 Å². The van der Waals surface area contributed by atoms with Crippen molar-refractivity contribution in [3.8, 4) is 22.4 Å². The van der Waals surface area contributed by atoms with Gasteiger partial charge in [0.2, 0.25) is 5.91 Å². The fourth-order valence-electron chi connectivity index (χ4n) is 5.97. The molecule has 2 aliphatic rings. The van der Waals surface area contributed by atoms with Crippen molar-refractivity contribution in [3.05, 3.63) is 60.6 Å². The normalized spacial score (nSPS) is 18.9. The number of benzene rings is 2. The standard InChI is InChI=1S/C35H45N5O5.3H2S/c1-34(2,3)44-32(42)39-27-10-7-9-26(27)31(41)37-25-18-16-23(17-19-25)22-12-14-24(15-13-22)28-21-36-30(38-28)29-11-8-20-40(29)33(43)45-35(4,5)6;;;/h12-19,21,26-27,29H,7-11,20H2,1-6H3,(H,36,38)(H,37,41)(H,39,42);3*1H2/t26-,27-,29-;;;/m0.../s1. The van der Waals surface area contributed by atoms with Crippen molar-refractivity contribution >= 4 is 64.3 Å². The minimum atomic E-state index is -0.590. The van der Waals surface area contributed by atoms with Gasteiger partial charge < -0.3 is 25.1 Å². The third kappa shape index (κ3) is 10.6. The molecule has 13 heteroatoms. The molecule has 3 N–H and O–H groups in total. The number of H-pyrrole nitrogens is 1. The number of imidazole rings is 1. The summed E-state index contributed by atoms with van der Waals surface area (Å²) in [4.78, 5) is 47.9. The van der Waals surface area contributed by atoms with Crippen LogP contribution in [0.3, 0.4) is 0 Å². The van der Waals surface area contributed by atoms with Gasteiger partial charge in [-0.3, -0.25) is 9.69 Å². The quantitative estimate of drug-likeness (QED) is 0.239. The second-order valence-electron chi connectivity index (χ2n) is 13.9. The number of carbonyl (C=O) groups is 3. The zero-order chi connectivity index (χ0) is 32.4. The Morgan fingerprint density at radius 1 is 0.792 bits per heavy atom. The minimum Gasteiger partial charge on any atom is -0.444 e. The van der Waals surface area contributed by atoms with Crippen molar-refractivity contribution in [2.75, 3.05) is 11.9 Å². The Morgan fingerprint density at radius 2 is 1.38 bits per heavy atom. The number of nitrogens with zero attached hydrogens (tertiary/aromatic N) is 2. The number of hydrogen-bond acceptors (Lipinski definition) is 6. The lowest BCUT2D eigenvalue weighted by molar-refractivity contribution is -0.120. The monoisotopic (exact) mass is 717 g/mol. The van der Waals surface area contributed by atoms with Gasteiger partial charge in [0.05, 0.1) is 23.9 Å². The van der Waals surface area contributed by atoms with Crippen LogP contribution < -0.4 is 10.6 Å². The Balaban J connectivity index is 0.00000267. The largest absolute Gasteiger partial charge is 0.444 e. The molecule has 1 aliphatic heterocycles. The lowest BCUT2D eigenvalue weighted by Crippen LogP contribution is -2.44. The maximum absolute atomic E-state index is 13.1. The molecule has 0 spiro atoms. The van der Waals surface area contributed by atoms with E-state index in [-0.39, 0.29) is 70.5 Å². The number of ether oxygens (including phenoxy) is 2. The van der Waals surface area contributed by atoms with Gasteiger partial charge in [-0.1, -0.05) is 42.8 Å². The van der Waals surface area contributed by atoms with E-state index in [1.54, 1.807) is 4.90 Å². The van der Waals surface area contributed by atoms with Crippen molar-refractivity contribution < 1.29 is 23.9 Å². The summed E-state index contributed by atoms with van der Waals surface area (Å²) in [6.45, 7) is 11.7. The van der Waals surface area contributed by atoms with Crippen molar-refractivity contribution in [3.63, 3.8) is 0 Å². The van der Waals surface area contributed by atoms with Crippen molar-refractivity contribution in [2.24, 2.45) is 5.92 Å². The molecule has 10 nitrogen and oxygen atoms in total. The van der Waals surface area contributed by atoms with Gasteiger partial charge in [0.1, 0.15) is 17.0 Å². The fourth-order valence-corrected chi connectivity index (χ4v) is 5.97. The summed E-state index contributed by atoms with van der Waals surface area (Å²) in [5.74, 6) is 0.359. The molecule has 5 rings (SSSR count). The predicted molar refractivity (Wildman–Crippen MR) is 205 cm³/mol. The molecule has 2 aromatic carbocycles. The molecule has 0 radical (unpaired) electrons. The molecule has 1 aliphatic carbocycles. The number of likely N-dealkylation sites (tertiary alicyclic amines) is 1. The summed E-state index contributed by atoms with van der Waals surface area (Å²) in [6.07, 6.45) is 5.10. The lowest BCUT2D eigenvalue weighted by atomic mass is 10.0. The Morgan fingerprint density at radius 3 is 1.98 bits per heavy atom. The molecule has 2 fully saturated rings. The van der Waals surface area contributed by atoms with E-state index in [1.165, 1.54) is 0 Å². The maximum Gasteiger partial charge on any atom is 0.410 e. The first-order valence-electron chi connectivity index (χ1n) is 15.8. The third-order valence-electron chi connectivity index (χ3n) is 8.03. The number of nitrogens with one attached hydrogen (secondary N) is 3. The highest BCUT2D eigenvalue weighted by molar-refractivity contribution is 7.59. The molecule has 264 valence electrons. The van der Waals surface area contributed by atoms with Crippen LogP contribution in [0.25, 0.3) is 22.4 Å². The third-order valence-corrected chi connectivity index (χ3v) is 8.03. The summed E-state index contributed by atoms with van der Waals surface area (Å²) in [5.41, 5.74) is 3.52. The number of hydrogen-bond donors (Lipinski definition) is 3. The minimum absolute atomic E-state index is 0. The molecule has 1 aromatic heterocycles. The molecule has 1 saturated carbocycles. The van der Waals surface area contributed by atoms with Gasteiger partial charge in [-0.15, -0.1) is 0 Å². The molecular formula is C35H51N5O5S3. The fraction of sp³-hybridized carbons (Fsp3) is 0.486. The first-order chi connectivity index (χ1) is 21.3. The lowest BCUT2D eigenvalue weighted by Gasteiger charge is -2.27. The first kappa shape index (κ1) is 40.9. The molecule has 48 heavy (non-hydrogen) atoms. The molecular weight excluding hydrogens is 667 g/mol. The van der Waals surface area contributed by atoms with Crippen LogP contribution in [0, 0.1) is 5.92 Å². The Kier molecular flexibility index (Phi) is 14.4. The zero-order valence-corrected chi connectivity index (χ0v) is 31.6. The van der Waals surface area contributed by atoms with Crippen LogP contribution in [0.2, 0.25) is 0 Å². The highest BCUT2D eigenvalue weighted by atomic mass is 32.1. The smallest absolute Gasteiger partial charge is 0.410 e. The summed E-state index contributed by atoms with van der Waals surface area (Å²) in [7, 11) is 0. The van der Waals surface area contributed by atoms with Gasteiger partial charge in [0.15, 0.2) is 0 Å². The van der Waals surface area contributed by atoms with Crippen LogP contribution in [0.5, 0.6) is 0 Å². The summed E-state index contributed by atoms with van der Waals surface area (Å²) in [5, 5.41) is 5.90. The number of aromatic nitrogens is 2. The SMILES string of the molecule is CC(C)(C)OC(=O)N[C@H]1CCC[C@@H]1C(=O)Nc1ccc(-c2ccc(-c3cnc([C@@H]4CCCN4C(=O)OC(C)(C)C)[nH]3)cc2)cc1.S.S.S. The van der Waals surface area contributed by atoms with Gasteiger partial charge in [-0.25, -0.2) is 14.6 Å². The number of amides is 3. The van der Waals surface area contributed by atoms with Gasteiger partial charge >= 0.3 is 12.2 Å². The van der Waals surface area contributed by atoms with Crippen LogP contribution in [-0.4, -0.2) is 56.8 Å². The van der Waals surface area contributed by atoms with Gasteiger partial charge in [0, 0.05) is 18.3 Å². The van der Waals surface area contributed by atoms with E-state index in [0.717, 1.165) is 60.3 Å². The second-order valence-corrected chi connectivity index (χ2v) is 13.9. The maximum atomic E-state index is 13.1. The molecule has 0 unspecified atom stereocenters. The number of carbonyl (C=O) groups excluding carboxylic acids is 3. The Hall–Kier alpha value is -3.29. The van der Waals surface area contributed by atoms with Crippen molar-refractivity contribution in [2.45, 2.75) is 96.9 Å². The molecule has 2 heterocycles. The van der Waals surface area contributed by atoms with Gasteiger partial charge in [-0.2, -0.15) is 40.5 Å². The van der Waals surface area contributed by atoms with E-state index in [9.17, 15) is 14.4 Å². The first-order valence-corrected chi connectivity index (χ1v) is 15.8. The highest BCUT2D eigenvalue weighted by Crippen LogP contribution is 2.33. The van der Waals surface area contributed by atoms with Gasteiger partial charge in [0.25, 0.3) is 0 Å². The van der Waals surface area contributed by atoms with E-state index in [0.29, 0.717) is 12.2 Å². The number of anilines is 1. The van der Waals surface area contributed by atoms with Crippen molar-refractivity contribution in [1.29, 1.82) is 0 Å². The van der Waals surface area contributed by atoms with Crippen LogP contribution in [-0.2, 0) is 14.3 Å². The summed E-state index contributed by atoms with van der Waals surface area (Å²) >= 11 is 0. The average molecular weight is 718 g/mol. The van der Waals surface area contributed by atoms with Crippen LogP contribution in [0.1, 0.15) is 85.5 Å². The number of rotatable bonds is 6. The Bertz CT molecular complexity index is 1520. The predicted octanol–water partition coefficient (Wildman–Crippen LogP) is 7.79. The number of alkyl carbamates (subject to hydrolysis) is 1. The van der Waals surface area contributed by atoms with Crippen molar-refractivity contribution in [1.82, 2.24) is 20.2 Å². The Labute approximate surface area is 304 Å². The van der Waals surface area contributed by atoms with Crippen LogP contribution in [0.4, 0.5) is 15.3 Å². The zero-order valence-electron chi connectivity index (χ0n) is 28.6. The molecule has 3 amide bonds. The van der Waals surface area contributed by atoms with E-state index in [1.807, 2.05) is 84.1 Å². The molecule has 0 bridgehead atoms. The second kappa shape index (κ2) is 16.9. The van der Waals surface area contributed by atoms with Crippen LogP contribution in [0.15, 0.2) is 54.7 Å². The topological polar surface area (TPSA) is 126 Å². The summed E-state index contributed by atoms with van der Waals surface area (Å²) in [6, 6.07) is 15.6. The highest BCUT2D eigenvalue weighted by Gasteiger charge is 2.36. The van der Waals surface area contributed by atoms with E-state index >= 15 is 0 Å². The van der Waals surface area contributed by atoms with E-state index in [4.69, 9.17) is 9.47 Å². The number of aromatic amines is 1. The molecule has 3 atom stereocenters.